The summed E-state index contributed by atoms with van der Waals surface area (Å²) in [7, 11) is 0. The molecule has 3 nitrogen and oxygen atoms in total. The molecule has 3 rings (SSSR count). The smallest absolute Gasteiger partial charge is 0.255 e. The Kier molecular flexibility index (Phi) is 4.69. The van der Waals surface area contributed by atoms with Crippen molar-refractivity contribution in [2.24, 2.45) is 0 Å². The molecule has 0 spiro atoms. The summed E-state index contributed by atoms with van der Waals surface area (Å²) in [5.41, 5.74) is 0.573. The molecule has 2 atom stereocenters. The van der Waals surface area contributed by atoms with Gasteiger partial charge in [0.2, 0.25) is 0 Å². The number of thioether (sulfide) groups is 1. The number of nitrogens with one attached hydrogen (secondary N) is 1. The SMILES string of the molecule is CSc1cc(C(=O)N2C3CCNCC2CC3)c(Cl)cc1Cl. The second-order valence-corrected chi connectivity index (χ2v) is 7.22. The van der Waals surface area contributed by atoms with Crippen molar-refractivity contribution in [3.63, 3.8) is 0 Å². The van der Waals surface area contributed by atoms with E-state index in [1.807, 2.05) is 17.2 Å². The minimum Gasteiger partial charge on any atom is -0.331 e. The molecule has 2 fully saturated rings. The highest BCUT2D eigenvalue weighted by Gasteiger charge is 2.38. The van der Waals surface area contributed by atoms with Crippen LogP contribution in [0.15, 0.2) is 17.0 Å². The van der Waals surface area contributed by atoms with Crippen molar-refractivity contribution in [3.05, 3.63) is 27.7 Å². The average Bonchev–Trinajstić information content (AvgIpc) is 2.71. The zero-order valence-electron chi connectivity index (χ0n) is 11.9. The van der Waals surface area contributed by atoms with Gasteiger partial charge in [-0.2, -0.15) is 0 Å². The van der Waals surface area contributed by atoms with E-state index in [4.69, 9.17) is 23.2 Å². The molecule has 2 aliphatic heterocycles. The molecule has 2 unspecified atom stereocenters. The lowest BCUT2D eigenvalue weighted by Crippen LogP contribution is -2.42. The number of benzene rings is 1. The Balaban J connectivity index is 1.95. The van der Waals surface area contributed by atoms with Gasteiger partial charge in [0, 0.05) is 23.5 Å². The average molecular weight is 345 g/mol. The van der Waals surface area contributed by atoms with Crippen molar-refractivity contribution in [1.82, 2.24) is 10.2 Å². The van der Waals surface area contributed by atoms with Crippen LogP contribution in [-0.2, 0) is 0 Å². The normalized spacial score (nSPS) is 25.0. The van der Waals surface area contributed by atoms with E-state index in [9.17, 15) is 4.79 Å². The molecule has 0 saturated carbocycles. The van der Waals surface area contributed by atoms with Crippen LogP contribution in [0.3, 0.4) is 0 Å². The Morgan fingerprint density at radius 1 is 1.24 bits per heavy atom. The van der Waals surface area contributed by atoms with Crippen LogP contribution < -0.4 is 5.32 Å². The number of carbonyl (C=O) groups excluding carboxylic acids is 1. The number of rotatable bonds is 2. The topological polar surface area (TPSA) is 32.3 Å². The summed E-state index contributed by atoms with van der Waals surface area (Å²) in [6.45, 7) is 1.86. The van der Waals surface area contributed by atoms with Gasteiger partial charge >= 0.3 is 0 Å². The third kappa shape index (κ3) is 2.91. The van der Waals surface area contributed by atoms with Crippen LogP contribution in [0.2, 0.25) is 10.0 Å². The van der Waals surface area contributed by atoms with Crippen molar-refractivity contribution in [2.45, 2.75) is 36.2 Å². The molecule has 6 heteroatoms. The molecule has 114 valence electrons. The van der Waals surface area contributed by atoms with Crippen LogP contribution in [0.25, 0.3) is 0 Å². The number of carbonyl (C=O) groups is 1. The minimum absolute atomic E-state index is 0.0446. The van der Waals surface area contributed by atoms with Gasteiger partial charge < -0.3 is 10.2 Å². The Hall–Kier alpha value is -0.420. The molecular formula is C15H18Cl2N2OS. The molecule has 2 bridgehead atoms. The maximum atomic E-state index is 13.0. The van der Waals surface area contributed by atoms with Gasteiger partial charge in [0.15, 0.2) is 0 Å². The summed E-state index contributed by atoms with van der Waals surface area (Å²) in [6, 6.07) is 4.13. The number of nitrogens with zero attached hydrogens (tertiary/aromatic N) is 1. The van der Waals surface area contributed by atoms with Gasteiger partial charge in [0.1, 0.15) is 0 Å². The van der Waals surface area contributed by atoms with Crippen LogP contribution in [-0.4, -0.2) is 42.2 Å². The minimum atomic E-state index is 0.0446. The van der Waals surface area contributed by atoms with Crippen molar-refractivity contribution < 1.29 is 4.79 Å². The van der Waals surface area contributed by atoms with Crippen molar-refractivity contribution >= 4 is 40.9 Å². The lowest BCUT2D eigenvalue weighted by Gasteiger charge is -2.28. The molecular weight excluding hydrogens is 327 g/mol. The zero-order valence-corrected chi connectivity index (χ0v) is 14.2. The fourth-order valence-corrected chi connectivity index (χ4v) is 4.49. The van der Waals surface area contributed by atoms with Crippen LogP contribution in [0.4, 0.5) is 0 Å². The largest absolute Gasteiger partial charge is 0.331 e. The number of fused-ring (bicyclic) bond motifs is 2. The summed E-state index contributed by atoms with van der Waals surface area (Å²) in [5.74, 6) is 0.0446. The van der Waals surface area contributed by atoms with E-state index in [0.29, 0.717) is 21.7 Å². The number of hydrogen-bond acceptors (Lipinski definition) is 3. The molecule has 2 heterocycles. The lowest BCUT2D eigenvalue weighted by molar-refractivity contribution is 0.0680. The van der Waals surface area contributed by atoms with Crippen molar-refractivity contribution in [3.8, 4) is 0 Å². The van der Waals surface area contributed by atoms with E-state index in [2.05, 4.69) is 5.32 Å². The first-order valence-corrected chi connectivity index (χ1v) is 9.16. The third-order valence-corrected chi connectivity index (χ3v) is 5.88. The standard InChI is InChI=1S/C15H18Cl2N2OS/c1-21-14-6-11(12(16)7-13(14)17)15(20)19-9-2-3-10(19)8-18-5-4-9/h6-7,9-10,18H,2-5,8H2,1H3. The monoisotopic (exact) mass is 344 g/mol. The van der Waals surface area contributed by atoms with Crippen molar-refractivity contribution in [2.75, 3.05) is 19.3 Å². The first-order chi connectivity index (χ1) is 10.1. The quantitative estimate of drug-likeness (QED) is 0.830. The van der Waals surface area contributed by atoms with Gasteiger partial charge in [0.25, 0.3) is 5.91 Å². The van der Waals surface area contributed by atoms with E-state index in [1.54, 1.807) is 6.07 Å². The molecule has 2 saturated heterocycles. The number of hydrogen-bond donors (Lipinski definition) is 1. The molecule has 1 aromatic rings. The highest BCUT2D eigenvalue weighted by molar-refractivity contribution is 7.98. The number of amides is 1. The molecule has 1 amide bonds. The zero-order chi connectivity index (χ0) is 15.0. The summed E-state index contributed by atoms with van der Waals surface area (Å²) >= 11 is 14.0. The van der Waals surface area contributed by atoms with Crippen LogP contribution in [0.5, 0.6) is 0 Å². The lowest BCUT2D eigenvalue weighted by atomic mass is 10.1. The highest BCUT2D eigenvalue weighted by Crippen LogP contribution is 2.35. The summed E-state index contributed by atoms with van der Waals surface area (Å²) in [4.78, 5) is 15.9. The highest BCUT2D eigenvalue weighted by atomic mass is 35.5. The second kappa shape index (κ2) is 6.37. The Morgan fingerprint density at radius 3 is 2.76 bits per heavy atom. The summed E-state index contributed by atoms with van der Waals surface area (Å²) in [6.07, 6.45) is 5.13. The maximum Gasteiger partial charge on any atom is 0.255 e. The van der Waals surface area contributed by atoms with Gasteiger partial charge in [-0.15, -0.1) is 11.8 Å². The molecule has 1 aromatic carbocycles. The molecule has 21 heavy (non-hydrogen) atoms. The predicted molar refractivity (Wildman–Crippen MR) is 88.7 cm³/mol. The van der Waals surface area contributed by atoms with Gasteiger partial charge in [-0.1, -0.05) is 23.2 Å². The van der Waals surface area contributed by atoms with Gasteiger partial charge in [-0.25, -0.2) is 0 Å². The van der Waals surface area contributed by atoms with E-state index in [0.717, 1.165) is 37.2 Å². The van der Waals surface area contributed by atoms with Crippen LogP contribution in [0.1, 0.15) is 29.6 Å². The molecule has 1 N–H and O–H groups in total. The van der Waals surface area contributed by atoms with Crippen LogP contribution in [0, 0.1) is 0 Å². The van der Waals surface area contributed by atoms with Crippen molar-refractivity contribution in [1.29, 1.82) is 0 Å². The van der Waals surface area contributed by atoms with Gasteiger partial charge in [-0.05, 0) is 44.2 Å². The Bertz CT molecular complexity index is 553. The van der Waals surface area contributed by atoms with E-state index >= 15 is 0 Å². The molecule has 0 radical (unpaired) electrons. The predicted octanol–water partition coefficient (Wildman–Crippen LogP) is 3.68. The first kappa shape index (κ1) is 15.5. The van der Waals surface area contributed by atoms with E-state index in [-0.39, 0.29) is 11.9 Å². The second-order valence-electron chi connectivity index (χ2n) is 5.56. The van der Waals surface area contributed by atoms with E-state index < -0.39 is 0 Å². The van der Waals surface area contributed by atoms with E-state index in [1.165, 1.54) is 11.8 Å². The first-order valence-electron chi connectivity index (χ1n) is 7.18. The Labute approximate surface area is 139 Å². The number of halogens is 2. The van der Waals surface area contributed by atoms with Crippen LogP contribution >= 0.6 is 35.0 Å². The summed E-state index contributed by atoms with van der Waals surface area (Å²) < 4.78 is 0. The molecule has 2 aliphatic rings. The van der Waals surface area contributed by atoms with Gasteiger partial charge in [0.05, 0.1) is 15.6 Å². The maximum absolute atomic E-state index is 13.0. The third-order valence-electron chi connectivity index (χ3n) is 4.36. The Morgan fingerprint density at radius 2 is 2.00 bits per heavy atom. The van der Waals surface area contributed by atoms with Gasteiger partial charge in [-0.3, -0.25) is 4.79 Å². The summed E-state index contributed by atoms with van der Waals surface area (Å²) in [5, 5.41) is 4.45. The molecule has 0 aromatic heterocycles. The molecule has 0 aliphatic carbocycles. The fourth-order valence-electron chi connectivity index (χ4n) is 3.30. The fraction of sp³-hybridized carbons (Fsp3) is 0.533.